The van der Waals surface area contributed by atoms with Gasteiger partial charge in [-0.1, -0.05) is 27.7 Å². The van der Waals surface area contributed by atoms with Crippen molar-refractivity contribution in [1.29, 1.82) is 0 Å². The molecule has 1 aromatic rings. The molecule has 0 bridgehead atoms. The Morgan fingerprint density at radius 2 is 1.70 bits per heavy atom. The van der Waals surface area contributed by atoms with Crippen molar-refractivity contribution in [2.24, 2.45) is 17.8 Å². The van der Waals surface area contributed by atoms with E-state index >= 15 is 0 Å². The van der Waals surface area contributed by atoms with Crippen LogP contribution in [-0.4, -0.2) is 54.5 Å². The van der Waals surface area contributed by atoms with Gasteiger partial charge in [-0.15, -0.1) is 0 Å². The van der Waals surface area contributed by atoms with Gasteiger partial charge in [-0.2, -0.15) is 0 Å². The highest BCUT2D eigenvalue weighted by Crippen LogP contribution is 2.14. The van der Waals surface area contributed by atoms with E-state index in [4.69, 9.17) is 0 Å². The summed E-state index contributed by atoms with van der Waals surface area (Å²) in [5.74, 6) is 0.342. The molecule has 1 atom stereocenters. The zero-order chi connectivity index (χ0) is 22.3. The lowest BCUT2D eigenvalue weighted by molar-refractivity contribution is 0.0934. The fraction of sp³-hybridized carbons (Fsp3) is 0.696. The van der Waals surface area contributed by atoms with Gasteiger partial charge in [0.1, 0.15) is 11.1 Å². The molecule has 1 saturated heterocycles. The number of carbonyl (C=O) groups excluding carboxylic acids is 2. The molecule has 1 aliphatic heterocycles. The van der Waals surface area contributed by atoms with Gasteiger partial charge in [0.25, 0.3) is 11.8 Å². The maximum atomic E-state index is 12.9. The van der Waals surface area contributed by atoms with E-state index in [1.54, 1.807) is 17.0 Å². The third-order valence-electron chi connectivity index (χ3n) is 5.42. The van der Waals surface area contributed by atoms with E-state index in [0.29, 0.717) is 37.4 Å². The highest BCUT2D eigenvalue weighted by atomic mass is 16.2. The molecule has 2 N–H and O–H groups in total. The number of carbonyl (C=O) groups is 2. The molecular formula is C23H38N4O3. The third kappa shape index (κ3) is 7.27. The van der Waals surface area contributed by atoms with Crippen molar-refractivity contribution in [2.75, 3.05) is 33.2 Å². The molecule has 168 valence electrons. The number of amides is 2. The summed E-state index contributed by atoms with van der Waals surface area (Å²) in [7, 11) is 2.08. The average molecular weight is 419 g/mol. The Balaban J connectivity index is 2.18. The number of hydrogen-bond donors (Lipinski definition) is 2. The van der Waals surface area contributed by atoms with Crippen LogP contribution in [0.3, 0.4) is 0 Å². The molecule has 2 amide bonds. The summed E-state index contributed by atoms with van der Waals surface area (Å²) in [4.78, 5) is 40.7. The van der Waals surface area contributed by atoms with Gasteiger partial charge < -0.3 is 20.1 Å². The molecule has 0 unspecified atom stereocenters. The van der Waals surface area contributed by atoms with Crippen molar-refractivity contribution in [2.45, 2.75) is 53.5 Å². The zero-order valence-electron chi connectivity index (χ0n) is 19.2. The lowest BCUT2D eigenvalue weighted by atomic mass is 9.98. The molecule has 1 fully saturated rings. The van der Waals surface area contributed by atoms with Gasteiger partial charge in [0.15, 0.2) is 0 Å². The Hall–Kier alpha value is -2.15. The SMILES string of the molecule is CC(C)CCNC(=O)c1cn(CC(C)C)cc(C(=O)NC[C@@H]2CCCN(C)C2)c1=O. The second-order valence-electron chi connectivity index (χ2n) is 9.42. The number of likely N-dealkylation sites (tertiary alicyclic amines) is 1. The van der Waals surface area contributed by atoms with Crippen LogP contribution in [0.2, 0.25) is 0 Å². The van der Waals surface area contributed by atoms with Crippen LogP contribution in [0.4, 0.5) is 0 Å². The topological polar surface area (TPSA) is 83.4 Å². The van der Waals surface area contributed by atoms with Crippen molar-refractivity contribution in [1.82, 2.24) is 20.1 Å². The minimum Gasteiger partial charge on any atom is -0.352 e. The lowest BCUT2D eigenvalue weighted by Gasteiger charge is -2.29. The lowest BCUT2D eigenvalue weighted by Crippen LogP contribution is -2.41. The molecule has 0 saturated carbocycles. The summed E-state index contributed by atoms with van der Waals surface area (Å²) in [6, 6.07) is 0. The molecule has 7 heteroatoms. The highest BCUT2D eigenvalue weighted by Gasteiger charge is 2.22. The molecule has 0 aliphatic carbocycles. The summed E-state index contributed by atoms with van der Waals surface area (Å²) < 4.78 is 1.78. The second-order valence-corrected chi connectivity index (χ2v) is 9.42. The van der Waals surface area contributed by atoms with E-state index in [9.17, 15) is 14.4 Å². The van der Waals surface area contributed by atoms with Crippen LogP contribution < -0.4 is 16.1 Å². The highest BCUT2D eigenvalue weighted by molar-refractivity contribution is 5.99. The first-order valence-corrected chi connectivity index (χ1v) is 11.2. The van der Waals surface area contributed by atoms with Crippen molar-refractivity contribution in [3.63, 3.8) is 0 Å². The Labute approximate surface area is 180 Å². The number of pyridine rings is 1. The normalized spacial score (nSPS) is 17.4. The van der Waals surface area contributed by atoms with Gasteiger partial charge in [0.2, 0.25) is 5.43 Å². The van der Waals surface area contributed by atoms with Crippen LogP contribution >= 0.6 is 0 Å². The van der Waals surface area contributed by atoms with Crippen LogP contribution in [0.25, 0.3) is 0 Å². The predicted molar refractivity (Wildman–Crippen MR) is 120 cm³/mol. The summed E-state index contributed by atoms with van der Waals surface area (Å²) in [5.41, 5.74) is -0.434. The number of nitrogens with one attached hydrogen (secondary N) is 2. The van der Waals surface area contributed by atoms with Gasteiger partial charge in [0, 0.05) is 38.6 Å². The standard InChI is InChI=1S/C23H38N4O3/c1-16(2)8-9-24-22(29)19-14-27(12-17(3)4)15-20(21(19)28)23(30)25-11-18-7-6-10-26(5)13-18/h14-18H,6-13H2,1-5H3,(H,24,29)(H,25,30)/t18-/m0/s1. The summed E-state index contributed by atoms with van der Waals surface area (Å²) in [6.45, 7) is 12.0. The minimum absolute atomic E-state index is 0.0319. The average Bonchev–Trinajstić information content (AvgIpc) is 2.66. The first-order valence-electron chi connectivity index (χ1n) is 11.2. The largest absolute Gasteiger partial charge is 0.352 e. The maximum absolute atomic E-state index is 12.9. The molecule has 0 aromatic carbocycles. The Morgan fingerprint density at radius 3 is 2.27 bits per heavy atom. The predicted octanol–water partition coefficient (Wildman–Crippen LogP) is 2.35. The van der Waals surface area contributed by atoms with Gasteiger partial charge in [-0.05, 0) is 50.6 Å². The number of piperidine rings is 1. The number of rotatable bonds is 9. The first kappa shape index (κ1) is 24.1. The number of aromatic nitrogens is 1. The van der Waals surface area contributed by atoms with Gasteiger partial charge >= 0.3 is 0 Å². The molecular weight excluding hydrogens is 380 g/mol. The zero-order valence-corrected chi connectivity index (χ0v) is 19.2. The molecule has 2 rings (SSSR count). The molecule has 7 nitrogen and oxygen atoms in total. The molecule has 30 heavy (non-hydrogen) atoms. The smallest absolute Gasteiger partial charge is 0.256 e. The summed E-state index contributed by atoms with van der Waals surface area (Å²) in [5, 5.41) is 5.74. The van der Waals surface area contributed by atoms with E-state index in [1.165, 1.54) is 0 Å². The second kappa shape index (κ2) is 11.3. The third-order valence-corrected chi connectivity index (χ3v) is 5.42. The Bertz CT molecular complexity index is 785. The minimum atomic E-state index is -0.504. The molecule has 1 aromatic heterocycles. The van der Waals surface area contributed by atoms with E-state index < -0.39 is 17.2 Å². The summed E-state index contributed by atoms with van der Waals surface area (Å²) >= 11 is 0. The van der Waals surface area contributed by atoms with E-state index in [0.717, 1.165) is 32.4 Å². The molecule has 1 aliphatic rings. The van der Waals surface area contributed by atoms with E-state index in [-0.39, 0.29) is 11.1 Å². The van der Waals surface area contributed by atoms with Crippen molar-refractivity contribution in [3.8, 4) is 0 Å². The Morgan fingerprint density at radius 1 is 1.07 bits per heavy atom. The summed E-state index contributed by atoms with van der Waals surface area (Å²) in [6.07, 6.45) is 6.17. The van der Waals surface area contributed by atoms with Crippen LogP contribution in [-0.2, 0) is 6.54 Å². The van der Waals surface area contributed by atoms with Gasteiger partial charge in [-0.25, -0.2) is 0 Å². The van der Waals surface area contributed by atoms with Crippen molar-refractivity contribution < 1.29 is 9.59 Å². The van der Waals surface area contributed by atoms with Crippen LogP contribution in [0, 0.1) is 17.8 Å². The van der Waals surface area contributed by atoms with Crippen molar-refractivity contribution >= 4 is 11.8 Å². The maximum Gasteiger partial charge on any atom is 0.256 e. The fourth-order valence-electron chi connectivity index (χ4n) is 3.82. The molecule has 2 heterocycles. The molecule has 0 radical (unpaired) electrons. The molecule has 0 spiro atoms. The quantitative estimate of drug-likeness (QED) is 0.645. The first-order chi connectivity index (χ1) is 14.2. The van der Waals surface area contributed by atoms with Crippen LogP contribution in [0.15, 0.2) is 17.2 Å². The number of hydrogen-bond acceptors (Lipinski definition) is 4. The van der Waals surface area contributed by atoms with Gasteiger partial charge in [-0.3, -0.25) is 14.4 Å². The van der Waals surface area contributed by atoms with Crippen LogP contribution in [0.5, 0.6) is 0 Å². The van der Waals surface area contributed by atoms with Gasteiger partial charge in [0.05, 0.1) is 0 Å². The van der Waals surface area contributed by atoms with Crippen molar-refractivity contribution in [3.05, 3.63) is 33.7 Å². The van der Waals surface area contributed by atoms with Crippen LogP contribution in [0.1, 0.15) is 67.7 Å². The van der Waals surface area contributed by atoms with E-state index in [1.807, 2.05) is 0 Å². The monoisotopic (exact) mass is 418 g/mol. The Kier molecular flexibility index (Phi) is 9.08. The van der Waals surface area contributed by atoms with E-state index in [2.05, 4.69) is 50.3 Å². The fourth-order valence-corrected chi connectivity index (χ4v) is 3.82. The number of nitrogens with zero attached hydrogens (tertiary/aromatic N) is 2.